The molecular weight excluding hydrogens is 384 g/mol. The van der Waals surface area contributed by atoms with E-state index in [0.717, 1.165) is 0 Å². The van der Waals surface area contributed by atoms with E-state index < -0.39 is 23.8 Å². The van der Waals surface area contributed by atoms with E-state index in [1.54, 1.807) is 19.1 Å². The monoisotopic (exact) mass is 403 g/mol. The minimum absolute atomic E-state index is 0.0621. The van der Waals surface area contributed by atoms with Crippen LogP contribution in [0.4, 0.5) is 14.5 Å². The number of carbonyl (C=O) groups is 1. The molecule has 1 aromatic heterocycles. The molecule has 2 aliphatic rings. The summed E-state index contributed by atoms with van der Waals surface area (Å²) in [4.78, 5) is 24.4. The van der Waals surface area contributed by atoms with Crippen LogP contribution in [0, 0.1) is 12.8 Å². The fourth-order valence-electron chi connectivity index (χ4n) is 3.67. The highest BCUT2D eigenvalue weighted by atomic mass is 19.3. The van der Waals surface area contributed by atoms with Gasteiger partial charge in [0.05, 0.1) is 19.5 Å². The minimum atomic E-state index is -2.78. The zero-order valence-electron chi connectivity index (χ0n) is 15.7. The molecule has 0 unspecified atom stereocenters. The third-order valence-electron chi connectivity index (χ3n) is 5.19. The summed E-state index contributed by atoms with van der Waals surface area (Å²) in [7, 11) is 1.44. The number of nitrogens with zero attached hydrogens (tertiary/aromatic N) is 3. The van der Waals surface area contributed by atoms with Crippen molar-refractivity contribution >= 4 is 17.6 Å². The van der Waals surface area contributed by atoms with E-state index in [4.69, 9.17) is 15.2 Å². The lowest BCUT2D eigenvalue weighted by Gasteiger charge is -2.34. The highest BCUT2D eigenvalue weighted by Gasteiger charge is 2.63. The number of methoxy groups -OCH3 is 1. The Kier molecular flexibility index (Phi) is 4.56. The van der Waals surface area contributed by atoms with E-state index >= 15 is 0 Å². The summed E-state index contributed by atoms with van der Waals surface area (Å²) in [6.45, 7) is 1.72. The second-order valence-corrected chi connectivity index (χ2v) is 7.00. The average Bonchev–Trinajstić information content (AvgIpc) is 3.48. The molecule has 1 aliphatic carbocycles. The van der Waals surface area contributed by atoms with Crippen LogP contribution in [0.15, 0.2) is 35.6 Å². The van der Waals surface area contributed by atoms with E-state index in [1.807, 2.05) is 0 Å². The zero-order chi connectivity index (χ0) is 20.8. The Morgan fingerprint density at radius 3 is 2.83 bits per heavy atom. The van der Waals surface area contributed by atoms with E-state index in [9.17, 15) is 13.6 Å². The second kappa shape index (κ2) is 6.94. The molecule has 29 heavy (non-hydrogen) atoms. The van der Waals surface area contributed by atoms with Crippen LogP contribution >= 0.6 is 0 Å². The van der Waals surface area contributed by atoms with E-state index in [2.05, 4.69) is 20.3 Å². The lowest BCUT2D eigenvalue weighted by molar-refractivity contribution is 0.0193. The first-order valence-electron chi connectivity index (χ1n) is 8.93. The Morgan fingerprint density at radius 2 is 2.17 bits per heavy atom. The van der Waals surface area contributed by atoms with Crippen molar-refractivity contribution in [3.63, 3.8) is 0 Å². The largest absolute Gasteiger partial charge is 0.480 e. The summed E-state index contributed by atoms with van der Waals surface area (Å²) in [6.07, 6.45) is -0.117. The van der Waals surface area contributed by atoms with Crippen molar-refractivity contribution in [3.8, 4) is 5.88 Å². The Labute approximate surface area is 165 Å². The third-order valence-corrected chi connectivity index (χ3v) is 5.19. The maximum absolute atomic E-state index is 14.3. The van der Waals surface area contributed by atoms with Gasteiger partial charge in [0.15, 0.2) is 5.54 Å². The van der Waals surface area contributed by atoms with Gasteiger partial charge in [-0.25, -0.2) is 23.7 Å². The highest BCUT2D eigenvalue weighted by Crippen LogP contribution is 2.56. The van der Waals surface area contributed by atoms with Gasteiger partial charge in [0.2, 0.25) is 5.88 Å². The number of alkyl halides is 2. The summed E-state index contributed by atoms with van der Waals surface area (Å²) < 4.78 is 38.8. The minimum Gasteiger partial charge on any atom is -0.480 e. The topological polar surface area (TPSA) is 112 Å². The molecule has 1 saturated carbocycles. The number of aryl methyl sites for hydroxylation is 1. The number of nitrogens with one attached hydrogen (secondary N) is 1. The van der Waals surface area contributed by atoms with Crippen molar-refractivity contribution in [1.82, 2.24) is 9.97 Å². The Balaban J connectivity index is 1.67. The number of hydrogen-bond donors (Lipinski definition) is 2. The van der Waals surface area contributed by atoms with Crippen LogP contribution in [0.25, 0.3) is 0 Å². The molecule has 1 aliphatic heterocycles. The smallest absolute Gasteiger partial charge is 0.283 e. The Hall–Kier alpha value is -3.30. The van der Waals surface area contributed by atoms with Gasteiger partial charge in [-0.05, 0) is 36.6 Å². The molecule has 0 radical (unpaired) electrons. The number of fused-ring (bicyclic) bond motifs is 1. The maximum atomic E-state index is 14.3. The van der Waals surface area contributed by atoms with Crippen molar-refractivity contribution in [2.45, 2.75) is 31.4 Å². The number of nitrogens with two attached hydrogens (primary N) is 1. The predicted octanol–water partition coefficient (Wildman–Crippen LogP) is 2.24. The van der Waals surface area contributed by atoms with Crippen LogP contribution in [0.1, 0.15) is 28.0 Å². The van der Waals surface area contributed by atoms with Gasteiger partial charge in [-0.1, -0.05) is 6.07 Å². The first-order valence-corrected chi connectivity index (χ1v) is 8.93. The third kappa shape index (κ3) is 3.24. The van der Waals surface area contributed by atoms with Gasteiger partial charge < -0.3 is 20.5 Å². The summed E-state index contributed by atoms with van der Waals surface area (Å²) in [5.74, 6) is -0.723. The van der Waals surface area contributed by atoms with E-state index in [-0.39, 0.29) is 23.7 Å². The molecule has 0 bridgehead atoms. The molecule has 0 saturated heterocycles. The van der Waals surface area contributed by atoms with Crippen molar-refractivity contribution in [2.75, 3.05) is 12.4 Å². The first-order chi connectivity index (χ1) is 13.8. The standard InChI is InChI=1S/C19H19F2N5O3/c1-9-3-4-10(25-16(27)13-7-24-15(28-2)8-23-13)5-11(9)19(17(20)21)12-6-14(12)29-18(22)26-19/h3-5,7-8,12,14,17H,6H2,1-2H3,(H2,22,26)(H,25,27)/t12-,14+,19+/m0/s1. The second-order valence-electron chi connectivity index (χ2n) is 7.00. The van der Waals surface area contributed by atoms with Crippen LogP contribution in [-0.2, 0) is 10.3 Å². The Morgan fingerprint density at radius 1 is 1.38 bits per heavy atom. The van der Waals surface area contributed by atoms with Gasteiger partial charge in [0.1, 0.15) is 11.8 Å². The summed E-state index contributed by atoms with van der Waals surface area (Å²) in [5.41, 5.74) is 5.21. The van der Waals surface area contributed by atoms with Gasteiger partial charge in [-0.15, -0.1) is 0 Å². The number of rotatable bonds is 5. The summed E-state index contributed by atoms with van der Waals surface area (Å²) in [5, 5.41) is 2.66. The van der Waals surface area contributed by atoms with Crippen molar-refractivity contribution in [2.24, 2.45) is 16.6 Å². The number of ether oxygens (including phenoxy) is 2. The van der Waals surface area contributed by atoms with E-state index in [0.29, 0.717) is 23.2 Å². The summed E-state index contributed by atoms with van der Waals surface area (Å²) >= 11 is 0. The lowest BCUT2D eigenvalue weighted by Crippen LogP contribution is -2.43. The number of carbonyl (C=O) groups excluding carboxylic acids is 1. The van der Waals surface area contributed by atoms with Crippen molar-refractivity contribution in [3.05, 3.63) is 47.4 Å². The van der Waals surface area contributed by atoms with Gasteiger partial charge in [-0.3, -0.25) is 4.79 Å². The van der Waals surface area contributed by atoms with Gasteiger partial charge in [0.25, 0.3) is 18.4 Å². The molecule has 8 nitrogen and oxygen atoms in total. The lowest BCUT2D eigenvalue weighted by atomic mass is 9.82. The van der Waals surface area contributed by atoms with Crippen LogP contribution in [0.2, 0.25) is 0 Å². The molecule has 1 aromatic carbocycles. The van der Waals surface area contributed by atoms with Crippen LogP contribution in [0.3, 0.4) is 0 Å². The molecular formula is C19H19F2N5O3. The molecule has 152 valence electrons. The molecule has 4 rings (SSSR count). The molecule has 2 heterocycles. The molecule has 0 spiro atoms. The average molecular weight is 403 g/mol. The number of halogens is 2. The molecule has 2 aromatic rings. The van der Waals surface area contributed by atoms with Crippen LogP contribution in [-0.4, -0.2) is 41.5 Å². The van der Waals surface area contributed by atoms with Crippen molar-refractivity contribution < 1.29 is 23.0 Å². The molecule has 3 N–H and O–H groups in total. The van der Waals surface area contributed by atoms with Crippen LogP contribution < -0.4 is 15.8 Å². The maximum Gasteiger partial charge on any atom is 0.283 e. The molecule has 3 atom stereocenters. The SMILES string of the molecule is COc1cnc(C(=O)Nc2ccc(C)c([C@@]3(C(F)F)N=C(N)O[C@@H]4C[C@@H]43)c2)cn1. The Bertz CT molecular complexity index is 982. The number of benzene rings is 1. The van der Waals surface area contributed by atoms with Gasteiger partial charge >= 0.3 is 0 Å². The zero-order valence-corrected chi connectivity index (χ0v) is 15.7. The number of aromatic nitrogens is 2. The first kappa shape index (κ1) is 19.0. The van der Waals surface area contributed by atoms with Crippen molar-refractivity contribution in [1.29, 1.82) is 0 Å². The number of aliphatic imine (C=N–C) groups is 1. The van der Waals surface area contributed by atoms with E-state index in [1.165, 1.54) is 25.6 Å². The predicted molar refractivity (Wildman–Crippen MR) is 100 cm³/mol. The van der Waals surface area contributed by atoms with Crippen LogP contribution in [0.5, 0.6) is 5.88 Å². The number of amidine groups is 1. The molecule has 1 fully saturated rings. The molecule has 1 amide bonds. The highest BCUT2D eigenvalue weighted by molar-refractivity contribution is 6.02. The fraction of sp³-hybridized carbons (Fsp3) is 0.368. The fourth-order valence-corrected chi connectivity index (χ4v) is 3.67. The molecule has 10 heteroatoms. The number of amides is 1. The summed E-state index contributed by atoms with van der Waals surface area (Å²) in [6, 6.07) is 4.55. The quantitative estimate of drug-likeness (QED) is 0.792. The van der Waals surface area contributed by atoms with Gasteiger partial charge in [0, 0.05) is 11.6 Å². The van der Waals surface area contributed by atoms with Gasteiger partial charge in [-0.2, -0.15) is 0 Å². The number of hydrogen-bond acceptors (Lipinski definition) is 7. The number of anilines is 1. The normalized spacial score (nSPS) is 24.9.